The van der Waals surface area contributed by atoms with Crippen molar-refractivity contribution in [2.75, 3.05) is 31.3 Å². The molecule has 5 rings (SSSR count). The number of nitrogens with zero attached hydrogens (tertiary/aromatic N) is 5. The third kappa shape index (κ3) is 6.04. The fourth-order valence-corrected chi connectivity index (χ4v) is 7.60. The molecule has 42 heavy (non-hydrogen) atoms. The molecule has 5 atom stereocenters. The van der Waals surface area contributed by atoms with Crippen molar-refractivity contribution in [1.82, 2.24) is 19.7 Å². The number of halogens is 1. The molecule has 0 spiro atoms. The molecule has 0 aromatic carbocycles. The molecule has 3 fully saturated rings. The standard InChI is InChI=1S/C25H37ClN5O10P/c1-5-37-42(35,38-6-2)17(12-32)36-13-16-18-19(41-25(3,4)40-18)22(39-16)31-21-15(11-27-31)20(28-23(26)29-21)30(24(33)34)14-9-7-8-10-14/h11,14,16-19,22,32H,5-10,12-13H2,1-4H3,(H,33,34)/t16-,17+,18-,19-,22-/m1/s1. The molecule has 17 heteroatoms. The Morgan fingerprint density at radius 2 is 1.88 bits per heavy atom. The Hall–Kier alpha value is -1.94. The molecule has 2 aromatic rings. The maximum atomic E-state index is 13.2. The maximum absolute atomic E-state index is 13.2. The molecule has 0 bridgehead atoms. The first-order chi connectivity index (χ1) is 20.0. The van der Waals surface area contributed by atoms with Gasteiger partial charge in [0.25, 0.3) is 0 Å². The number of hydrogen-bond acceptors (Lipinski definition) is 12. The largest absolute Gasteiger partial charge is 0.465 e. The second-order valence-corrected chi connectivity index (χ2v) is 13.2. The van der Waals surface area contributed by atoms with Crippen molar-refractivity contribution in [3.8, 4) is 0 Å². The van der Waals surface area contributed by atoms with E-state index >= 15 is 0 Å². The lowest BCUT2D eigenvalue weighted by Crippen LogP contribution is -2.38. The number of aromatic nitrogens is 4. The molecule has 3 aliphatic rings. The first-order valence-corrected chi connectivity index (χ1v) is 16.1. The number of anilines is 1. The highest BCUT2D eigenvalue weighted by Gasteiger charge is 2.57. The van der Waals surface area contributed by atoms with Crippen LogP contribution in [0, 0.1) is 0 Å². The lowest BCUT2D eigenvalue weighted by atomic mass is 10.1. The van der Waals surface area contributed by atoms with Crippen LogP contribution >= 0.6 is 19.2 Å². The van der Waals surface area contributed by atoms with Crippen molar-refractivity contribution < 1.29 is 47.6 Å². The molecule has 0 unspecified atom stereocenters. The monoisotopic (exact) mass is 633 g/mol. The summed E-state index contributed by atoms with van der Waals surface area (Å²) in [5, 5.41) is 24.8. The molecule has 1 saturated carbocycles. The minimum absolute atomic E-state index is 0.105. The second kappa shape index (κ2) is 12.6. The van der Waals surface area contributed by atoms with E-state index in [0.29, 0.717) is 5.39 Å². The quantitative estimate of drug-likeness (QED) is 0.254. The topological polar surface area (TPSA) is 177 Å². The van der Waals surface area contributed by atoms with Gasteiger partial charge in [0, 0.05) is 6.04 Å². The van der Waals surface area contributed by atoms with Gasteiger partial charge in [-0.15, -0.1) is 0 Å². The van der Waals surface area contributed by atoms with Crippen molar-refractivity contribution in [1.29, 1.82) is 0 Å². The van der Waals surface area contributed by atoms with Crippen molar-refractivity contribution >= 4 is 42.1 Å². The van der Waals surface area contributed by atoms with Gasteiger partial charge in [-0.05, 0) is 52.1 Å². The zero-order valence-corrected chi connectivity index (χ0v) is 25.6. The zero-order valence-electron chi connectivity index (χ0n) is 23.9. The van der Waals surface area contributed by atoms with Crippen molar-refractivity contribution in [3.63, 3.8) is 0 Å². The van der Waals surface area contributed by atoms with Gasteiger partial charge >= 0.3 is 13.7 Å². The number of ether oxygens (including phenoxy) is 4. The molecule has 15 nitrogen and oxygen atoms in total. The predicted molar refractivity (Wildman–Crippen MR) is 149 cm³/mol. The first kappa shape index (κ1) is 31.5. The van der Waals surface area contributed by atoms with Gasteiger partial charge in [0.15, 0.2) is 29.3 Å². The number of aliphatic hydroxyl groups excluding tert-OH is 1. The number of fused-ring (bicyclic) bond motifs is 2. The van der Waals surface area contributed by atoms with Gasteiger partial charge in [-0.1, -0.05) is 12.8 Å². The molecule has 2 aromatic heterocycles. The van der Waals surface area contributed by atoms with Gasteiger partial charge in [-0.2, -0.15) is 15.1 Å². The summed E-state index contributed by atoms with van der Waals surface area (Å²) in [5.41, 5.74) is 0.262. The van der Waals surface area contributed by atoms with Crippen LogP contribution < -0.4 is 4.90 Å². The van der Waals surface area contributed by atoms with Crippen molar-refractivity contribution in [3.05, 3.63) is 11.5 Å². The first-order valence-electron chi connectivity index (χ1n) is 14.1. The fraction of sp³-hybridized carbons (Fsp3) is 0.760. The van der Waals surface area contributed by atoms with Gasteiger partial charge in [0.1, 0.15) is 18.3 Å². The van der Waals surface area contributed by atoms with E-state index in [1.807, 2.05) is 0 Å². The Labute approximate surface area is 247 Å². The molecule has 2 aliphatic heterocycles. The molecule has 1 amide bonds. The Balaban J connectivity index is 1.45. The van der Waals surface area contributed by atoms with Crippen LogP contribution in [0.5, 0.6) is 0 Å². The minimum Gasteiger partial charge on any atom is -0.465 e. The number of aliphatic hydroxyl groups is 1. The lowest BCUT2D eigenvalue weighted by Gasteiger charge is -2.28. The zero-order chi connectivity index (χ0) is 30.2. The highest BCUT2D eigenvalue weighted by atomic mass is 35.5. The van der Waals surface area contributed by atoms with Crippen LogP contribution in [0.25, 0.3) is 11.0 Å². The van der Waals surface area contributed by atoms with E-state index in [9.17, 15) is 19.6 Å². The van der Waals surface area contributed by atoms with Crippen LogP contribution in [-0.4, -0.2) is 98.5 Å². The lowest BCUT2D eigenvalue weighted by molar-refractivity contribution is -0.204. The van der Waals surface area contributed by atoms with E-state index < -0.39 is 56.5 Å². The van der Waals surface area contributed by atoms with Gasteiger partial charge in [0.2, 0.25) is 5.28 Å². The third-order valence-corrected chi connectivity index (χ3v) is 9.90. The van der Waals surface area contributed by atoms with E-state index in [1.54, 1.807) is 27.7 Å². The number of carboxylic acid groups (broad SMARTS) is 1. The van der Waals surface area contributed by atoms with Crippen LogP contribution in [-0.2, 0) is 32.6 Å². The molecular formula is C25H37ClN5O10P. The van der Waals surface area contributed by atoms with Gasteiger partial charge in [0.05, 0.1) is 38.0 Å². The van der Waals surface area contributed by atoms with Crippen LogP contribution in [0.2, 0.25) is 5.28 Å². The molecule has 4 heterocycles. The summed E-state index contributed by atoms with van der Waals surface area (Å²) in [6.07, 6.45) is 0.721. The maximum Gasteiger partial charge on any atom is 0.413 e. The smallest absolute Gasteiger partial charge is 0.413 e. The summed E-state index contributed by atoms with van der Waals surface area (Å²) in [5.74, 6) is -2.06. The van der Waals surface area contributed by atoms with E-state index in [-0.39, 0.29) is 42.6 Å². The Morgan fingerprint density at radius 3 is 2.50 bits per heavy atom. The molecular weight excluding hydrogens is 597 g/mol. The highest BCUT2D eigenvalue weighted by molar-refractivity contribution is 7.54. The van der Waals surface area contributed by atoms with Crippen LogP contribution in [0.3, 0.4) is 0 Å². The molecule has 1 aliphatic carbocycles. The Morgan fingerprint density at radius 1 is 1.21 bits per heavy atom. The molecule has 0 radical (unpaired) electrons. The summed E-state index contributed by atoms with van der Waals surface area (Å²) < 4.78 is 49.9. The van der Waals surface area contributed by atoms with Crippen LogP contribution in [0.4, 0.5) is 10.6 Å². The Kier molecular flexibility index (Phi) is 9.43. The summed E-state index contributed by atoms with van der Waals surface area (Å²) in [4.78, 5) is 22.2. The minimum atomic E-state index is -3.78. The molecule has 234 valence electrons. The van der Waals surface area contributed by atoms with Gasteiger partial charge in [-0.25, -0.2) is 9.48 Å². The fourth-order valence-electron chi connectivity index (χ4n) is 5.84. The normalized spacial score (nSPS) is 26.6. The number of rotatable bonds is 12. The predicted octanol–water partition coefficient (Wildman–Crippen LogP) is 3.93. The SMILES string of the molecule is CCOP(=O)(OCC)[C@@H](CO)OC[C@H]1O[C@@H](n2ncc3c(N(C(=O)O)C4CCCC4)nc(Cl)nc32)[C@@H]2OC(C)(C)O[C@@H]21. The number of carbonyl (C=O) groups is 1. The summed E-state index contributed by atoms with van der Waals surface area (Å²) in [7, 11) is -3.78. The van der Waals surface area contributed by atoms with Crippen LogP contribution in [0.1, 0.15) is 59.6 Å². The van der Waals surface area contributed by atoms with Gasteiger partial charge in [-0.3, -0.25) is 9.46 Å². The molecule has 2 N–H and O–H groups in total. The van der Waals surface area contributed by atoms with E-state index in [2.05, 4.69) is 15.1 Å². The number of amides is 1. The Bertz CT molecular complexity index is 1310. The van der Waals surface area contributed by atoms with Crippen molar-refractivity contribution in [2.45, 2.75) is 95.6 Å². The number of hydrogen-bond donors (Lipinski definition) is 2. The van der Waals surface area contributed by atoms with E-state index in [0.717, 1.165) is 25.7 Å². The second-order valence-electron chi connectivity index (χ2n) is 10.7. The average molecular weight is 634 g/mol. The third-order valence-electron chi connectivity index (χ3n) is 7.48. The van der Waals surface area contributed by atoms with E-state index in [4.69, 9.17) is 39.6 Å². The van der Waals surface area contributed by atoms with Gasteiger partial charge < -0.3 is 38.2 Å². The van der Waals surface area contributed by atoms with E-state index in [1.165, 1.54) is 15.8 Å². The average Bonchev–Trinajstić information content (AvgIpc) is 3.69. The summed E-state index contributed by atoms with van der Waals surface area (Å²) >= 11 is 6.32. The molecule has 2 saturated heterocycles. The highest BCUT2D eigenvalue weighted by Crippen LogP contribution is 2.53. The van der Waals surface area contributed by atoms with Crippen LogP contribution in [0.15, 0.2) is 6.20 Å². The summed E-state index contributed by atoms with van der Waals surface area (Å²) in [6, 6.07) is -0.232. The van der Waals surface area contributed by atoms with Crippen molar-refractivity contribution in [2.24, 2.45) is 0 Å². The summed E-state index contributed by atoms with van der Waals surface area (Å²) in [6.45, 7) is 6.33.